The Morgan fingerprint density at radius 3 is 2.83 bits per heavy atom. The molecule has 7 heteroatoms. The van der Waals surface area contributed by atoms with Crippen molar-refractivity contribution >= 4 is 15.8 Å². The van der Waals surface area contributed by atoms with E-state index in [9.17, 15) is 8.42 Å². The Morgan fingerprint density at radius 1 is 1.44 bits per heavy atom. The van der Waals surface area contributed by atoms with Crippen molar-refractivity contribution in [1.29, 1.82) is 0 Å². The molecule has 100 valence electrons. The molecule has 0 aromatic carbocycles. The Balaban J connectivity index is 2.14. The molecular formula is C11H17N3O3S. The second-order valence-corrected chi connectivity index (χ2v) is 6.07. The molecule has 18 heavy (non-hydrogen) atoms. The zero-order chi connectivity index (χ0) is 13.2. The van der Waals surface area contributed by atoms with Gasteiger partial charge in [0.2, 0.25) is 10.0 Å². The van der Waals surface area contributed by atoms with E-state index in [0.717, 1.165) is 19.3 Å². The van der Waals surface area contributed by atoms with Crippen LogP contribution in [0.4, 0.5) is 5.82 Å². The molecule has 2 atom stereocenters. The lowest BCUT2D eigenvalue weighted by molar-refractivity contribution is 0.0916. The molecule has 1 aliphatic rings. The summed E-state index contributed by atoms with van der Waals surface area (Å²) in [7, 11) is -1.95. The summed E-state index contributed by atoms with van der Waals surface area (Å²) >= 11 is 0. The molecule has 0 bridgehead atoms. The molecule has 0 amide bonds. The molecule has 1 aromatic heterocycles. The number of ether oxygens (including phenoxy) is 1. The van der Waals surface area contributed by atoms with Crippen LogP contribution in [0.15, 0.2) is 23.2 Å². The highest BCUT2D eigenvalue weighted by atomic mass is 32.2. The third-order valence-electron chi connectivity index (χ3n) is 3.13. The summed E-state index contributed by atoms with van der Waals surface area (Å²) in [5, 5.41) is 0. The van der Waals surface area contributed by atoms with Crippen LogP contribution in [0.2, 0.25) is 0 Å². The number of nitrogens with two attached hydrogens (primary N) is 1. The number of hydrogen-bond donors (Lipinski definition) is 2. The summed E-state index contributed by atoms with van der Waals surface area (Å²) in [5.74, 6) is 0.296. The maximum absolute atomic E-state index is 12.1. The van der Waals surface area contributed by atoms with Gasteiger partial charge in [0.1, 0.15) is 10.7 Å². The molecule has 2 unspecified atom stereocenters. The van der Waals surface area contributed by atoms with Crippen molar-refractivity contribution in [2.45, 2.75) is 36.3 Å². The van der Waals surface area contributed by atoms with Gasteiger partial charge in [0.05, 0.1) is 6.10 Å². The lowest BCUT2D eigenvalue weighted by atomic mass is 10.2. The number of nitrogens with zero attached hydrogens (tertiary/aromatic N) is 1. The maximum Gasteiger partial charge on any atom is 0.242 e. The van der Waals surface area contributed by atoms with Crippen LogP contribution in [0.25, 0.3) is 0 Å². The van der Waals surface area contributed by atoms with Crippen LogP contribution in [-0.2, 0) is 14.8 Å². The van der Waals surface area contributed by atoms with Crippen molar-refractivity contribution in [1.82, 2.24) is 9.71 Å². The van der Waals surface area contributed by atoms with Crippen LogP contribution in [0.3, 0.4) is 0 Å². The largest absolute Gasteiger partial charge is 0.384 e. The third-order valence-corrected chi connectivity index (χ3v) is 4.61. The SMILES string of the molecule is COC1CCCC1NS(=O)(=O)c1ccc(N)nc1. The van der Waals surface area contributed by atoms with E-state index in [4.69, 9.17) is 10.5 Å². The minimum Gasteiger partial charge on any atom is -0.384 e. The quantitative estimate of drug-likeness (QED) is 0.832. The van der Waals surface area contributed by atoms with E-state index >= 15 is 0 Å². The number of nitrogen functional groups attached to an aromatic ring is 1. The van der Waals surface area contributed by atoms with Crippen molar-refractivity contribution in [2.24, 2.45) is 0 Å². The number of sulfonamides is 1. The lowest BCUT2D eigenvalue weighted by Crippen LogP contribution is -2.40. The van der Waals surface area contributed by atoms with Gasteiger partial charge in [0, 0.05) is 19.3 Å². The third kappa shape index (κ3) is 2.80. The zero-order valence-corrected chi connectivity index (χ0v) is 11.0. The van der Waals surface area contributed by atoms with Gasteiger partial charge < -0.3 is 10.5 Å². The van der Waals surface area contributed by atoms with Gasteiger partial charge in [-0.3, -0.25) is 0 Å². The van der Waals surface area contributed by atoms with Crippen LogP contribution in [0.5, 0.6) is 0 Å². The zero-order valence-electron chi connectivity index (χ0n) is 10.2. The number of aromatic nitrogens is 1. The fraction of sp³-hybridized carbons (Fsp3) is 0.545. The smallest absolute Gasteiger partial charge is 0.242 e. The van der Waals surface area contributed by atoms with Gasteiger partial charge in [-0.2, -0.15) is 0 Å². The Hall–Kier alpha value is -1.18. The van der Waals surface area contributed by atoms with E-state index in [1.807, 2.05) is 0 Å². The number of methoxy groups -OCH3 is 1. The average Bonchev–Trinajstić information content (AvgIpc) is 2.76. The van der Waals surface area contributed by atoms with E-state index in [1.165, 1.54) is 18.3 Å². The predicted molar refractivity (Wildman–Crippen MR) is 67.4 cm³/mol. The van der Waals surface area contributed by atoms with Crippen molar-refractivity contribution in [3.8, 4) is 0 Å². The van der Waals surface area contributed by atoms with Crippen LogP contribution < -0.4 is 10.5 Å². The monoisotopic (exact) mass is 271 g/mol. The summed E-state index contributed by atoms with van der Waals surface area (Å²) in [6.07, 6.45) is 3.84. The molecule has 1 fully saturated rings. The van der Waals surface area contributed by atoms with E-state index in [2.05, 4.69) is 9.71 Å². The Labute approximate surface area is 107 Å². The Kier molecular flexibility index (Phi) is 3.84. The molecule has 3 N–H and O–H groups in total. The average molecular weight is 271 g/mol. The van der Waals surface area contributed by atoms with Gasteiger partial charge >= 0.3 is 0 Å². The van der Waals surface area contributed by atoms with Crippen molar-refractivity contribution in [3.05, 3.63) is 18.3 Å². The summed E-state index contributed by atoms with van der Waals surface area (Å²) in [5.41, 5.74) is 5.43. The first kappa shape index (κ1) is 13.3. The molecule has 1 saturated carbocycles. The second-order valence-electron chi connectivity index (χ2n) is 4.35. The molecule has 0 radical (unpaired) electrons. The summed E-state index contributed by atoms with van der Waals surface area (Å²) in [6.45, 7) is 0. The first-order valence-electron chi connectivity index (χ1n) is 5.79. The van der Waals surface area contributed by atoms with E-state index in [0.29, 0.717) is 5.82 Å². The number of hydrogen-bond acceptors (Lipinski definition) is 5. The number of pyridine rings is 1. The summed E-state index contributed by atoms with van der Waals surface area (Å²) < 4.78 is 32.1. The highest BCUT2D eigenvalue weighted by Gasteiger charge is 2.31. The van der Waals surface area contributed by atoms with Crippen molar-refractivity contribution in [2.75, 3.05) is 12.8 Å². The van der Waals surface area contributed by atoms with Gasteiger partial charge in [-0.15, -0.1) is 0 Å². The van der Waals surface area contributed by atoms with Crippen LogP contribution in [0.1, 0.15) is 19.3 Å². The maximum atomic E-state index is 12.1. The highest BCUT2D eigenvalue weighted by Crippen LogP contribution is 2.23. The molecule has 0 spiro atoms. The van der Waals surface area contributed by atoms with Gasteiger partial charge in [0.25, 0.3) is 0 Å². The molecule has 6 nitrogen and oxygen atoms in total. The highest BCUT2D eigenvalue weighted by molar-refractivity contribution is 7.89. The van der Waals surface area contributed by atoms with Crippen molar-refractivity contribution in [3.63, 3.8) is 0 Å². The molecule has 1 aromatic rings. The van der Waals surface area contributed by atoms with Gasteiger partial charge in [-0.25, -0.2) is 18.1 Å². The molecule has 2 rings (SSSR count). The predicted octanol–water partition coefficient (Wildman–Crippen LogP) is 0.510. The topological polar surface area (TPSA) is 94.3 Å². The molecule has 0 saturated heterocycles. The standard InChI is InChI=1S/C11H17N3O3S/c1-17-10-4-2-3-9(10)14-18(15,16)8-5-6-11(12)13-7-8/h5-7,9-10,14H,2-4H2,1H3,(H2,12,13). The first-order chi connectivity index (χ1) is 8.53. The molecule has 1 aliphatic carbocycles. The molecular weight excluding hydrogens is 254 g/mol. The molecule has 0 aliphatic heterocycles. The first-order valence-corrected chi connectivity index (χ1v) is 7.28. The minimum absolute atomic E-state index is 0.0542. The molecule has 1 heterocycles. The number of anilines is 1. The number of nitrogens with one attached hydrogen (secondary N) is 1. The van der Waals surface area contributed by atoms with E-state index in [1.54, 1.807) is 7.11 Å². The Bertz CT molecular complexity index is 501. The normalized spacial score (nSPS) is 24.3. The number of rotatable bonds is 4. The van der Waals surface area contributed by atoms with E-state index < -0.39 is 10.0 Å². The van der Waals surface area contributed by atoms with E-state index in [-0.39, 0.29) is 17.0 Å². The van der Waals surface area contributed by atoms with Crippen LogP contribution in [-0.4, -0.2) is 32.7 Å². The van der Waals surface area contributed by atoms with Gasteiger partial charge in [-0.05, 0) is 31.4 Å². The van der Waals surface area contributed by atoms with Gasteiger partial charge in [0.15, 0.2) is 0 Å². The van der Waals surface area contributed by atoms with Gasteiger partial charge in [-0.1, -0.05) is 0 Å². The van der Waals surface area contributed by atoms with Crippen molar-refractivity contribution < 1.29 is 13.2 Å². The fourth-order valence-electron chi connectivity index (χ4n) is 2.16. The summed E-state index contributed by atoms with van der Waals surface area (Å²) in [6, 6.07) is 2.75. The summed E-state index contributed by atoms with van der Waals surface area (Å²) in [4.78, 5) is 3.91. The Morgan fingerprint density at radius 2 is 2.22 bits per heavy atom. The van der Waals surface area contributed by atoms with Crippen LogP contribution in [0, 0.1) is 0 Å². The lowest BCUT2D eigenvalue weighted by Gasteiger charge is -2.19. The second kappa shape index (κ2) is 5.21. The fourth-order valence-corrected chi connectivity index (χ4v) is 3.40. The van der Waals surface area contributed by atoms with Crippen LogP contribution >= 0.6 is 0 Å². The minimum atomic E-state index is -3.55.